The van der Waals surface area contributed by atoms with Gasteiger partial charge in [0.2, 0.25) is 5.91 Å². The number of hydrogen-bond acceptors (Lipinski definition) is 3. The zero-order chi connectivity index (χ0) is 17.0. The monoisotopic (exact) mass is 318 g/mol. The second kappa shape index (κ2) is 7.02. The van der Waals surface area contributed by atoms with Crippen LogP contribution in [0.1, 0.15) is 44.0 Å². The summed E-state index contributed by atoms with van der Waals surface area (Å²) in [5, 5.41) is 3.02. The average Bonchev–Trinajstić information content (AvgIpc) is 2.53. The lowest BCUT2D eigenvalue weighted by molar-refractivity contribution is -0.127. The molecule has 0 unspecified atom stereocenters. The summed E-state index contributed by atoms with van der Waals surface area (Å²) in [6, 6.07) is 7.18. The van der Waals surface area contributed by atoms with E-state index in [1.165, 1.54) is 0 Å². The van der Waals surface area contributed by atoms with Crippen molar-refractivity contribution >= 4 is 11.8 Å². The normalized spacial score (nSPS) is 16.1. The molecule has 2 rings (SSSR count). The second-order valence-electron chi connectivity index (χ2n) is 7.04. The minimum Gasteiger partial charge on any atom is -0.497 e. The van der Waals surface area contributed by atoms with Crippen molar-refractivity contribution in [1.29, 1.82) is 0 Å². The lowest BCUT2D eigenvalue weighted by Crippen LogP contribution is -2.47. The maximum absolute atomic E-state index is 12.5. The number of benzene rings is 1. The van der Waals surface area contributed by atoms with Gasteiger partial charge < -0.3 is 15.0 Å². The number of piperidine rings is 1. The van der Waals surface area contributed by atoms with Gasteiger partial charge in [-0.15, -0.1) is 0 Å². The van der Waals surface area contributed by atoms with Gasteiger partial charge in [0.05, 0.1) is 7.11 Å². The van der Waals surface area contributed by atoms with Gasteiger partial charge in [0.25, 0.3) is 5.91 Å². The van der Waals surface area contributed by atoms with Crippen LogP contribution in [0.4, 0.5) is 0 Å². The number of carbonyl (C=O) groups excluding carboxylic acids is 2. The first-order chi connectivity index (χ1) is 10.8. The fraction of sp³-hybridized carbons (Fsp3) is 0.556. The van der Waals surface area contributed by atoms with Crippen molar-refractivity contribution in [3.05, 3.63) is 29.8 Å². The molecule has 23 heavy (non-hydrogen) atoms. The number of ether oxygens (including phenoxy) is 1. The molecule has 0 radical (unpaired) electrons. The molecule has 5 nitrogen and oxygen atoms in total. The molecule has 1 aliphatic rings. The van der Waals surface area contributed by atoms with Crippen LogP contribution in [0.3, 0.4) is 0 Å². The third-order valence-corrected chi connectivity index (χ3v) is 3.97. The Balaban J connectivity index is 1.93. The number of amides is 2. The van der Waals surface area contributed by atoms with Crippen molar-refractivity contribution in [2.24, 2.45) is 5.92 Å². The van der Waals surface area contributed by atoms with E-state index in [2.05, 4.69) is 5.32 Å². The van der Waals surface area contributed by atoms with Gasteiger partial charge in [0.15, 0.2) is 0 Å². The Hall–Kier alpha value is -2.04. The van der Waals surface area contributed by atoms with Gasteiger partial charge in [0.1, 0.15) is 5.75 Å². The number of nitrogens with one attached hydrogen (secondary N) is 1. The zero-order valence-electron chi connectivity index (χ0n) is 14.4. The van der Waals surface area contributed by atoms with Crippen LogP contribution in [0.15, 0.2) is 24.3 Å². The van der Waals surface area contributed by atoms with E-state index in [4.69, 9.17) is 4.74 Å². The van der Waals surface area contributed by atoms with Crippen LogP contribution >= 0.6 is 0 Å². The fourth-order valence-corrected chi connectivity index (χ4v) is 2.76. The fourth-order valence-electron chi connectivity index (χ4n) is 2.76. The number of rotatable bonds is 3. The van der Waals surface area contributed by atoms with E-state index in [-0.39, 0.29) is 23.3 Å². The van der Waals surface area contributed by atoms with E-state index in [0.717, 1.165) is 0 Å². The molecular formula is C18H26N2O3. The van der Waals surface area contributed by atoms with E-state index >= 15 is 0 Å². The number of hydrogen-bond donors (Lipinski definition) is 1. The summed E-state index contributed by atoms with van der Waals surface area (Å²) in [7, 11) is 1.59. The molecule has 1 aliphatic heterocycles. The van der Waals surface area contributed by atoms with Crippen LogP contribution in [0.25, 0.3) is 0 Å². The van der Waals surface area contributed by atoms with Gasteiger partial charge in [-0.2, -0.15) is 0 Å². The minimum atomic E-state index is -0.218. The third-order valence-electron chi connectivity index (χ3n) is 3.97. The summed E-state index contributed by atoms with van der Waals surface area (Å²) in [6.45, 7) is 7.15. The van der Waals surface area contributed by atoms with E-state index in [1.807, 2.05) is 37.8 Å². The van der Waals surface area contributed by atoms with Crippen LogP contribution in [0.5, 0.6) is 5.75 Å². The van der Waals surface area contributed by atoms with Gasteiger partial charge in [0, 0.05) is 30.1 Å². The summed E-state index contributed by atoms with van der Waals surface area (Å²) < 4.78 is 5.16. The molecule has 1 N–H and O–H groups in total. The number of nitrogens with zero attached hydrogens (tertiary/aromatic N) is 1. The average molecular weight is 318 g/mol. The van der Waals surface area contributed by atoms with Crippen molar-refractivity contribution < 1.29 is 14.3 Å². The molecule has 1 heterocycles. The first kappa shape index (κ1) is 17.3. The lowest BCUT2D eigenvalue weighted by Gasteiger charge is -2.33. The van der Waals surface area contributed by atoms with Gasteiger partial charge in [-0.05, 0) is 51.8 Å². The topological polar surface area (TPSA) is 58.6 Å². The molecule has 0 bridgehead atoms. The zero-order valence-corrected chi connectivity index (χ0v) is 14.4. The molecule has 1 aromatic carbocycles. The summed E-state index contributed by atoms with van der Waals surface area (Å²) >= 11 is 0. The van der Waals surface area contributed by atoms with Gasteiger partial charge >= 0.3 is 0 Å². The predicted octanol–water partition coefficient (Wildman–Crippen LogP) is 2.46. The highest BCUT2D eigenvalue weighted by atomic mass is 16.5. The molecule has 1 saturated heterocycles. The van der Waals surface area contributed by atoms with E-state index in [9.17, 15) is 9.59 Å². The highest BCUT2D eigenvalue weighted by Gasteiger charge is 2.29. The highest BCUT2D eigenvalue weighted by Crippen LogP contribution is 2.21. The van der Waals surface area contributed by atoms with Gasteiger partial charge in [-0.3, -0.25) is 9.59 Å². The molecule has 5 heteroatoms. The van der Waals surface area contributed by atoms with E-state index in [0.29, 0.717) is 37.2 Å². The second-order valence-corrected chi connectivity index (χ2v) is 7.04. The Kier molecular flexibility index (Phi) is 5.29. The van der Waals surface area contributed by atoms with E-state index < -0.39 is 0 Å². The molecule has 126 valence electrons. The van der Waals surface area contributed by atoms with Crippen molar-refractivity contribution in [3.8, 4) is 5.75 Å². The van der Waals surface area contributed by atoms with Gasteiger partial charge in [-0.1, -0.05) is 6.07 Å². The first-order valence-corrected chi connectivity index (χ1v) is 8.05. The van der Waals surface area contributed by atoms with Crippen molar-refractivity contribution in [3.63, 3.8) is 0 Å². The molecule has 0 spiro atoms. The maximum atomic E-state index is 12.5. The summed E-state index contributed by atoms with van der Waals surface area (Å²) in [5.41, 5.74) is 0.409. The molecule has 0 saturated carbocycles. The number of carbonyl (C=O) groups is 2. The Morgan fingerprint density at radius 1 is 1.22 bits per heavy atom. The van der Waals surface area contributed by atoms with Crippen LogP contribution in [0, 0.1) is 5.92 Å². The minimum absolute atomic E-state index is 0.00132. The Morgan fingerprint density at radius 3 is 2.43 bits per heavy atom. The van der Waals surface area contributed by atoms with Crippen LogP contribution in [0.2, 0.25) is 0 Å². The maximum Gasteiger partial charge on any atom is 0.253 e. The lowest BCUT2D eigenvalue weighted by atomic mass is 9.94. The van der Waals surface area contributed by atoms with Crippen LogP contribution < -0.4 is 10.1 Å². The number of methoxy groups -OCH3 is 1. The Morgan fingerprint density at radius 2 is 1.87 bits per heavy atom. The Bertz CT molecular complexity index is 570. The standard InChI is InChI=1S/C18H26N2O3/c1-18(2,3)19-16(21)13-8-10-20(11-9-13)17(22)14-6-5-7-15(12-14)23-4/h5-7,12-13H,8-11H2,1-4H3,(H,19,21). The van der Waals surface area contributed by atoms with Crippen molar-refractivity contribution in [2.45, 2.75) is 39.2 Å². The smallest absolute Gasteiger partial charge is 0.253 e. The molecule has 1 aromatic rings. The van der Waals surface area contributed by atoms with Crippen LogP contribution in [-0.4, -0.2) is 42.5 Å². The molecule has 1 fully saturated rings. The third kappa shape index (κ3) is 4.71. The molecule has 0 atom stereocenters. The molecular weight excluding hydrogens is 292 g/mol. The summed E-state index contributed by atoms with van der Waals surface area (Å²) in [5.74, 6) is 0.753. The van der Waals surface area contributed by atoms with Gasteiger partial charge in [-0.25, -0.2) is 0 Å². The predicted molar refractivity (Wildman–Crippen MR) is 89.5 cm³/mol. The summed E-state index contributed by atoms with van der Waals surface area (Å²) in [4.78, 5) is 26.6. The summed E-state index contributed by atoms with van der Waals surface area (Å²) in [6.07, 6.45) is 1.41. The largest absolute Gasteiger partial charge is 0.497 e. The molecule has 0 aromatic heterocycles. The Labute approximate surface area is 138 Å². The van der Waals surface area contributed by atoms with Crippen molar-refractivity contribution in [1.82, 2.24) is 10.2 Å². The molecule has 2 amide bonds. The first-order valence-electron chi connectivity index (χ1n) is 8.05. The number of likely N-dealkylation sites (tertiary alicyclic amines) is 1. The highest BCUT2D eigenvalue weighted by molar-refractivity contribution is 5.94. The van der Waals surface area contributed by atoms with E-state index in [1.54, 1.807) is 19.2 Å². The quantitative estimate of drug-likeness (QED) is 0.931. The SMILES string of the molecule is COc1cccc(C(=O)N2CCC(C(=O)NC(C)(C)C)CC2)c1. The van der Waals surface area contributed by atoms with Crippen molar-refractivity contribution in [2.75, 3.05) is 20.2 Å². The van der Waals surface area contributed by atoms with Crippen LogP contribution in [-0.2, 0) is 4.79 Å². The molecule has 0 aliphatic carbocycles.